The predicted molar refractivity (Wildman–Crippen MR) is 72.4 cm³/mol. The van der Waals surface area contributed by atoms with Crippen molar-refractivity contribution in [3.05, 3.63) is 16.3 Å². The van der Waals surface area contributed by atoms with Crippen molar-refractivity contribution in [2.24, 2.45) is 0 Å². The lowest BCUT2D eigenvalue weighted by Crippen LogP contribution is -2.13. The van der Waals surface area contributed by atoms with E-state index in [0.29, 0.717) is 25.7 Å². The Morgan fingerprint density at radius 2 is 2.16 bits per heavy atom. The third-order valence-electron chi connectivity index (χ3n) is 2.24. The molecule has 0 aliphatic rings. The summed E-state index contributed by atoms with van der Waals surface area (Å²) in [4.78, 5) is 18.4. The third-order valence-corrected chi connectivity index (χ3v) is 2.24. The second-order valence-electron chi connectivity index (χ2n) is 3.74. The van der Waals surface area contributed by atoms with Crippen LogP contribution in [0.1, 0.15) is 20.3 Å². The number of hydrogen-bond donors (Lipinski definition) is 2. The predicted octanol–water partition coefficient (Wildman–Crippen LogP) is 1.66. The van der Waals surface area contributed by atoms with Gasteiger partial charge in [-0.25, -0.2) is 4.98 Å². The highest BCUT2D eigenvalue weighted by Gasteiger charge is 2.16. The first kappa shape index (κ1) is 15.1. The Labute approximate surface area is 111 Å². The highest BCUT2D eigenvalue weighted by Crippen LogP contribution is 2.21. The molecule has 0 aliphatic heterocycles. The number of anilines is 2. The topological polar surface area (TPSA) is 102 Å². The lowest BCUT2D eigenvalue weighted by atomic mass is 10.4. The van der Waals surface area contributed by atoms with Crippen LogP contribution in [0.4, 0.5) is 17.5 Å². The Bertz CT molecular complexity index is 413. The summed E-state index contributed by atoms with van der Waals surface area (Å²) in [5, 5.41) is 16.7. The zero-order valence-corrected chi connectivity index (χ0v) is 11.2. The maximum Gasteiger partial charge on any atom is 0.329 e. The molecule has 0 saturated carbocycles. The molecule has 0 aliphatic carbocycles. The SMILES string of the molecule is CCCNc1ncc([N+](=O)[O-])c(NCCOCC)n1. The van der Waals surface area contributed by atoms with Crippen molar-refractivity contribution >= 4 is 17.5 Å². The fourth-order valence-electron chi connectivity index (χ4n) is 1.35. The van der Waals surface area contributed by atoms with E-state index < -0.39 is 4.92 Å². The maximum absolute atomic E-state index is 10.9. The molecule has 106 valence electrons. The fraction of sp³-hybridized carbons (Fsp3) is 0.636. The summed E-state index contributed by atoms with van der Waals surface area (Å²) in [6.07, 6.45) is 2.13. The van der Waals surface area contributed by atoms with Crippen LogP contribution in [-0.4, -0.2) is 41.2 Å². The Balaban J connectivity index is 2.74. The van der Waals surface area contributed by atoms with Crippen molar-refractivity contribution in [3.8, 4) is 0 Å². The summed E-state index contributed by atoms with van der Waals surface area (Å²) in [6.45, 7) is 6.15. The van der Waals surface area contributed by atoms with Gasteiger partial charge in [-0.2, -0.15) is 4.98 Å². The van der Waals surface area contributed by atoms with Gasteiger partial charge in [0.05, 0.1) is 11.5 Å². The van der Waals surface area contributed by atoms with Gasteiger partial charge in [0, 0.05) is 19.7 Å². The molecule has 0 bridgehead atoms. The number of nitrogens with zero attached hydrogens (tertiary/aromatic N) is 3. The minimum atomic E-state index is -0.507. The molecule has 2 N–H and O–H groups in total. The van der Waals surface area contributed by atoms with E-state index in [1.807, 2.05) is 13.8 Å². The Morgan fingerprint density at radius 3 is 2.79 bits per heavy atom. The first-order chi connectivity index (χ1) is 9.19. The normalized spacial score (nSPS) is 10.2. The molecule has 0 spiro atoms. The molecule has 0 fully saturated rings. The summed E-state index contributed by atoms with van der Waals surface area (Å²) in [5.41, 5.74) is -0.140. The van der Waals surface area contributed by atoms with Crippen LogP contribution in [0.15, 0.2) is 6.20 Å². The average Bonchev–Trinajstić information content (AvgIpc) is 2.41. The number of aromatic nitrogens is 2. The van der Waals surface area contributed by atoms with Gasteiger partial charge in [-0.1, -0.05) is 6.92 Å². The summed E-state index contributed by atoms with van der Waals surface area (Å²) >= 11 is 0. The van der Waals surface area contributed by atoms with Gasteiger partial charge in [0.1, 0.15) is 6.20 Å². The minimum Gasteiger partial charge on any atom is -0.380 e. The van der Waals surface area contributed by atoms with Crippen LogP contribution >= 0.6 is 0 Å². The Kier molecular flexibility index (Phi) is 6.51. The zero-order chi connectivity index (χ0) is 14.1. The molecule has 0 saturated heterocycles. The van der Waals surface area contributed by atoms with E-state index in [0.717, 1.165) is 13.0 Å². The average molecular weight is 269 g/mol. The number of hydrogen-bond acceptors (Lipinski definition) is 7. The molecule has 8 heteroatoms. The van der Waals surface area contributed by atoms with Crippen LogP contribution in [0.2, 0.25) is 0 Å². The van der Waals surface area contributed by atoms with Crippen molar-refractivity contribution in [1.29, 1.82) is 0 Å². The van der Waals surface area contributed by atoms with Crippen molar-refractivity contribution in [2.75, 3.05) is 36.9 Å². The molecule has 0 unspecified atom stereocenters. The van der Waals surface area contributed by atoms with E-state index in [9.17, 15) is 10.1 Å². The summed E-state index contributed by atoms with van der Waals surface area (Å²) in [6, 6.07) is 0. The highest BCUT2D eigenvalue weighted by atomic mass is 16.6. The molecule has 0 atom stereocenters. The van der Waals surface area contributed by atoms with Gasteiger partial charge >= 0.3 is 5.69 Å². The van der Waals surface area contributed by atoms with Gasteiger partial charge in [-0.05, 0) is 13.3 Å². The highest BCUT2D eigenvalue weighted by molar-refractivity contribution is 5.56. The summed E-state index contributed by atoms with van der Waals surface area (Å²) in [5.74, 6) is 0.588. The number of ether oxygens (including phenoxy) is 1. The quantitative estimate of drug-likeness (QED) is 0.399. The molecule has 0 radical (unpaired) electrons. The first-order valence-corrected chi connectivity index (χ1v) is 6.26. The molecule has 0 aromatic carbocycles. The molecular formula is C11H19N5O3. The van der Waals surface area contributed by atoms with Crippen molar-refractivity contribution < 1.29 is 9.66 Å². The zero-order valence-electron chi connectivity index (χ0n) is 11.2. The molecule has 19 heavy (non-hydrogen) atoms. The van der Waals surface area contributed by atoms with E-state index in [-0.39, 0.29) is 11.5 Å². The van der Waals surface area contributed by atoms with Crippen LogP contribution < -0.4 is 10.6 Å². The van der Waals surface area contributed by atoms with Crippen LogP contribution in [0.3, 0.4) is 0 Å². The largest absolute Gasteiger partial charge is 0.380 e. The van der Waals surface area contributed by atoms with Gasteiger partial charge in [-0.3, -0.25) is 10.1 Å². The smallest absolute Gasteiger partial charge is 0.329 e. The molecule has 8 nitrogen and oxygen atoms in total. The maximum atomic E-state index is 10.9. The standard InChI is InChI=1S/C11H19N5O3/c1-3-5-13-11-14-8-9(16(17)18)10(15-11)12-6-7-19-4-2/h8H,3-7H2,1-2H3,(H2,12,13,14,15). The lowest BCUT2D eigenvalue weighted by molar-refractivity contribution is -0.384. The van der Waals surface area contributed by atoms with Crippen molar-refractivity contribution in [1.82, 2.24) is 9.97 Å². The lowest BCUT2D eigenvalue weighted by Gasteiger charge is -2.08. The number of nitro groups is 1. The number of rotatable bonds is 9. The minimum absolute atomic E-state index is 0.140. The second-order valence-corrected chi connectivity index (χ2v) is 3.74. The molecular weight excluding hydrogens is 250 g/mol. The van der Waals surface area contributed by atoms with E-state index in [2.05, 4.69) is 20.6 Å². The molecule has 1 aromatic heterocycles. The third kappa shape index (κ3) is 5.04. The van der Waals surface area contributed by atoms with Crippen LogP contribution in [0.5, 0.6) is 0 Å². The monoisotopic (exact) mass is 269 g/mol. The van der Waals surface area contributed by atoms with Gasteiger partial charge in [-0.15, -0.1) is 0 Å². The van der Waals surface area contributed by atoms with Crippen molar-refractivity contribution in [3.63, 3.8) is 0 Å². The van der Waals surface area contributed by atoms with Gasteiger partial charge in [0.25, 0.3) is 0 Å². The van der Waals surface area contributed by atoms with Crippen LogP contribution in [-0.2, 0) is 4.74 Å². The second kappa shape index (κ2) is 8.20. The van der Waals surface area contributed by atoms with Crippen LogP contribution in [0.25, 0.3) is 0 Å². The van der Waals surface area contributed by atoms with E-state index in [1.54, 1.807) is 0 Å². The van der Waals surface area contributed by atoms with Gasteiger partial charge in [0.2, 0.25) is 11.8 Å². The Morgan fingerprint density at radius 1 is 1.37 bits per heavy atom. The fourth-order valence-corrected chi connectivity index (χ4v) is 1.35. The first-order valence-electron chi connectivity index (χ1n) is 6.26. The Hall–Kier alpha value is -1.96. The molecule has 1 heterocycles. The van der Waals surface area contributed by atoms with Crippen molar-refractivity contribution in [2.45, 2.75) is 20.3 Å². The summed E-state index contributed by atoms with van der Waals surface area (Å²) < 4.78 is 5.16. The molecule has 0 amide bonds. The van der Waals surface area contributed by atoms with Gasteiger partial charge in [0.15, 0.2) is 0 Å². The van der Waals surface area contributed by atoms with E-state index in [1.165, 1.54) is 6.20 Å². The summed E-state index contributed by atoms with van der Waals surface area (Å²) in [7, 11) is 0. The molecule has 1 rings (SSSR count). The van der Waals surface area contributed by atoms with Gasteiger partial charge < -0.3 is 15.4 Å². The van der Waals surface area contributed by atoms with E-state index >= 15 is 0 Å². The molecule has 1 aromatic rings. The number of nitrogens with one attached hydrogen (secondary N) is 2. The van der Waals surface area contributed by atoms with Crippen LogP contribution in [0, 0.1) is 10.1 Å². The van der Waals surface area contributed by atoms with E-state index in [4.69, 9.17) is 4.74 Å².